The maximum atomic E-state index is 13.4. The molecule has 0 spiro atoms. The Balaban J connectivity index is 1.76. The summed E-state index contributed by atoms with van der Waals surface area (Å²) in [7, 11) is 0. The van der Waals surface area contributed by atoms with Crippen LogP contribution in [0.3, 0.4) is 0 Å². The minimum Gasteiger partial charge on any atom is -0.462 e. The van der Waals surface area contributed by atoms with Crippen LogP contribution < -0.4 is 5.32 Å². The number of amides is 3. The zero-order valence-corrected chi connectivity index (χ0v) is 18.6. The highest BCUT2D eigenvalue weighted by atomic mass is 16.5. The van der Waals surface area contributed by atoms with Gasteiger partial charge in [0.25, 0.3) is 5.91 Å². The van der Waals surface area contributed by atoms with Gasteiger partial charge in [0.05, 0.1) is 29.9 Å². The number of esters is 1. The molecule has 3 amide bonds. The van der Waals surface area contributed by atoms with E-state index >= 15 is 0 Å². The van der Waals surface area contributed by atoms with Gasteiger partial charge >= 0.3 is 12.0 Å². The fourth-order valence-corrected chi connectivity index (χ4v) is 4.10. The van der Waals surface area contributed by atoms with Crippen molar-refractivity contribution in [2.24, 2.45) is 0 Å². The summed E-state index contributed by atoms with van der Waals surface area (Å²) < 4.78 is 5.26. The fourth-order valence-electron chi connectivity index (χ4n) is 4.10. The van der Waals surface area contributed by atoms with Crippen molar-refractivity contribution in [3.05, 3.63) is 76.5 Å². The number of rotatable bonds is 5. The lowest BCUT2D eigenvalue weighted by molar-refractivity contribution is -0.131. The second-order valence-corrected chi connectivity index (χ2v) is 8.11. The number of nitrogens with zero attached hydrogens (tertiary/aromatic N) is 2. The normalized spacial score (nSPS) is 18.2. The molecule has 1 aromatic heterocycles. The summed E-state index contributed by atoms with van der Waals surface area (Å²) in [5.41, 5.74) is 2.56. The van der Waals surface area contributed by atoms with Crippen LogP contribution in [-0.4, -0.2) is 34.4 Å². The number of imide groups is 1. The van der Waals surface area contributed by atoms with E-state index in [9.17, 15) is 14.4 Å². The molecule has 7 nitrogen and oxygen atoms in total. The molecule has 1 saturated heterocycles. The van der Waals surface area contributed by atoms with E-state index in [0.29, 0.717) is 22.3 Å². The number of aromatic nitrogens is 1. The molecule has 1 N–H and O–H groups in total. The Labute approximate surface area is 186 Å². The van der Waals surface area contributed by atoms with Crippen molar-refractivity contribution in [3.8, 4) is 0 Å². The number of pyridine rings is 1. The first-order valence-corrected chi connectivity index (χ1v) is 10.5. The molecule has 1 aliphatic heterocycles. The Bertz CT molecular complexity index is 1240. The van der Waals surface area contributed by atoms with E-state index in [2.05, 4.69) is 10.3 Å². The van der Waals surface area contributed by atoms with E-state index in [1.54, 1.807) is 13.8 Å². The van der Waals surface area contributed by atoms with Crippen LogP contribution in [0.1, 0.15) is 46.6 Å². The fraction of sp³-hybridized carbons (Fsp3) is 0.280. The number of hydrogen-bond acceptors (Lipinski definition) is 5. The molecule has 1 fully saturated rings. The van der Waals surface area contributed by atoms with Gasteiger partial charge in [-0.15, -0.1) is 0 Å². The molecule has 3 aromatic rings. The number of benzene rings is 2. The molecular formula is C25H25N3O4. The van der Waals surface area contributed by atoms with E-state index in [0.717, 1.165) is 15.8 Å². The number of urea groups is 1. The predicted octanol–water partition coefficient (Wildman–Crippen LogP) is 4.00. The average Bonchev–Trinajstić information content (AvgIpc) is 2.98. The van der Waals surface area contributed by atoms with E-state index in [1.165, 1.54) is 0 Å². The minimum absolute atomic E-state index is 0.133. The number of nitrogens with one attached hydrogen (secondary N) is 1. The van der Waals surface area contributed by atoms with Crippen molar-refractivity contribution < 1.29 is 19.1 Å². The molecule has 4 rings (SSSR count). The molecule has 2 aromatic carbocycles. The molecule has 0 saturated carbocycles. The lowest BCUT2D eigenvalue weighted by atomic mass is 9.91. The number of hydrogen-bond donors (Lipinski definition) is 1. The Morgan fingerprint density at radius 2 is 1.78 bits per heavy atom. The molecule has 0 bridgehead atoms. The molecule has 32 heavy (non-hydrogen) atoms. The van der Waals surface area contributed by atoms with Gasteiger partial charge < -0.3 is 10.1 Å². The number of carbonyl (C=O) groups excluding carboxylic acids is 3. The third kappa shape index (κ3) is 3.49. The summed E-state index contributed by atoms with van der Waals surface area (Å²) in [6.45, 7) is 7.26. The summed E-state index contributed by atoms with van der Waals surface area (Å²) in [5, 5.41) is 3.63. The van der Waals surface area contributed by atoms with Crippen LogP contribution in [0.15, 0.2) is 48.5 Å². The molecule has 0 unspecified atom stereocenters. The Hall–Kier alpha value is -3.74. The molecule has 0 radical (unpaired) electrons. The summed E-state index contributed by atoms with van der Waals surface area (Å²) in [5.74, 6) is -0.916. The third-order valence-corrected chi connectivity index (χ3v) is 5.92. The van der Waals surface area contributed by atoms with Crippen LogP contribution in [0.2, 0.25) is 0 Å². The SMILES string of the molecule is CCOC(=O)c1c(CN2C(=O)N[C@@](C)(c3ccc(C)cc3)C2=O)nc2ccccc2c1C. The summed E-state index contributed by atoms with van der Waals surface area (Å²) in [6.07, 6.45) is 0. The minimum atomic E-state index is -1.19. The van der Waals surface area contributed by atoms with Gasteiger partial charge in [-0.2, -0.15) is 0 Å². The van der Waals surface area contributed by atoms with Gasteiger partial charge in [0.2, 0.25) is 0 Å². The van der Waals surface area contributed by atoms with E-state index in [1.807, 2.05) is 62.4 Å². The van der Waals surface area contributed by atoms with Gasteiger partial charge in [-0.3, -0.25) is 9.69 Å². The van der Waals surface area contributed by atoms with Gasteiger partial charge in [0, 0.05) is 5.39 Å². The molecular weight excluding hydrogens is 406 g/mol. The van der Waals surface area contributed by atoms with Crippen LogP contribution in [0.5, 0.6) is 0 Å². The van der Waals surface area contributed by atoms with Crippen LogP contribution >= 0.6 is 0 Å². The second kappa shape index (κ2) is 8.07. The standard InChI is InChI=1S/C25H25N3O4/c1-5-32-22(29)21-16(3)18-8-6-7-9-19(18)26-20(21)14-28-23(30)25(4,27-24(28)31)17-12-10-15(2)11-13-17/h6-13H,5,14H2,1-4H3,(H,27,31)/t25-/m0/s1. The number of fused-ring (bicyclic) bond motifs is 1. The quantitative estimate of drug-likeness (QED) is 0.487. The monoisotopic (exact) mass is 431 g/mol. The van der Waals surface area contributed by atoms with Crippen LogP contribution in [0.4, 0.5) is 4.79 Å². The number of ether oxygens (including phenoxy) is 1. The summed E-state index contributed by atoms with van der Waals surface area (Å²) >= 11 is 0. The van der Waals surface area contributed by atoms with Crippen LogP contribution in [0, 0.1) is 13.8 Å². The van der Waals surface area contributed by atoms with Crippen molar-refractivity contribution >= 4 is 28.8 Å². The maximum Gasteiger partial charge on any atom is 0.340 e. The van der Waals surface area contributed by atoms with Crippen LogP contribution in [-0.2, 0) is 21.6 Å². The van der Waals surface area contributed by atoms with E-state index in [4.69, 9.17) is 4.74 Å². The van der Waals surface area contributed by atoms with Gasteiger partial charge in [-0.05, 0) is 44.9 Å². The highest BCUT2D eigenvalue weighted by molar-refractivity contribution is 6.07. The first kappa shape index (κ1) is 21.5. The van der Waals surface area contributed by atoms with E-state index < -0.39 is 23.4 Å². The van der Waals surface area contributed by atoms with E-state index in [-0.39, 0.29) is 18.7 Å². The predicted molar refractivity (Wildman–Crippen MR) is 120 cm³/mol. The maximum absolute atomic E-state index is 13.4. The lowest BCUT2D eigenvalue weighted by Crippen LogP contribution is -2.40. The summed E-state index contributed by atoms with van der Waals surface area (Å²) in [4.78, 5) is 44.8. The molecule has 7 heteroatoms. The molecule has 0 aliphatic carbocycles. The Kier molecular flexibility index (Phi) is 5.42. The van der Waals surface area contributed by atoms with Gasteiger partial charge in [-0.25, -0.2) is 14.6 Å². The number of carbonyl (C=O) groups is 3. The van der Waals surface area contributed by atoms with Crippen molar-refractivity contribution in [3.63, 3.8) is 0 Å². The first-order chi connectivity index (χ1) is 15.3. The third-order valence-electron chi connectivity index (χ3n) is 5.92. The molecule has 1 atom stereocenters. The molecule has 2 heterocycles. The topological polar surface area (TPSA) is 88.6 Å². The Morgan fingerprint density at radius 3 is 2.47 bits per heavy atom. The molecule has 164 valence electrons. The zero-order valence-electron chi connectivity index (χ0n) is 18.6. The van der Waals surface area contributed by atoms with Crippen molar-refractivity contribution in [2.45, 2.75) is 39.8 Å². The van der Waals surface area contributed by atoms with Gasteiger partial charge in [0.1, 0.15) is 5.54 Å². The first-order valence-electron chi connectivity index (χ1n) is 10.5. The zero-order chi connectivity index (χ0) is 23.0. The van der Waals surface area contributed by atoms with Gasteiger partial charge in [-0.1, -0.05) is 48.0 Å². The second-order valence-electron chi connectivity index (χ2n) is 8.11. The Morgan fingerprint density at radius 1 is 1.09 bits per heavy atom. The van der Waals surface area contributed by atoms with Crippen LogP contribution in [0.25, 0.3) is 10.9 Å². The van der Waals surface area contributed by atoms with Crippen molar-refractivity contribution in [1.82, 2.24) is 15.2 Å². The van der Waals surface area contributed by atoms with Crippen molar-refractivity contribution in [2.75, 3.05) is 6.61 Å². The average molecular weight is 431 g/mol. The number of aryl methyl sites for hydroxylation is 2. The van der Waals surface area contributed by atoms with Crippen molar-refractivity contribution in [1.29, 1.82) is 0 Å². The largest absolute Gasteiger partial charge is 0.462 e. The summed E-state index contributed by atoms with van der Waals surface area (Å²) in [6, 6.07) is 14.4. The smallest absolute Gasteiger partial charge is 0.340 e. The van der Waals surface area contributed by atoms with Gasteiger partial charge in [0.15, 0.2) is 0 Å². The highest BCUT2D eigenvalue weighted by Crippen LogP contribution is 2.31. The molecule has 1 aliphatic rings. The lowest BCUT2D eigenvalue weighted by Gasteiger charge is -2.23. The number of para-hydroxylation sites is 1. The highest BCUT2D eigenvalue weighted by Gasteiger charge is 2.49.